The van der Waals surface area contributed by atoms with Gasteiger partial charge in [0, 0.05) is 32.0 Å². The number of nitrogens with zero attached hydrogens (tertiary/aromatic N) is 2. The molecule has 1 fully saturated rings. The predicted octanol–water partition coefficient (Wildman–Crippen LogP) is 0.815. The van der Waals surface area contributed by atoms with Crippen molar-refractivity contribution in [1.82, 2.24) is 9.21 Å². The van der Waals surface area contributed by atoms with Crippen LogP contribution in [-0.2, 0) is 14.8 Å². The van der Waals surface area contributed by atoms with Gasteiger partial charge in [-0.15, -0.1) is 0 Å². The Morgan fingerprint density at radius 1 is 1.32 bits per heavy atom. The zero-order valence-electron chi connectivity index (χ0n) is 12.4. The quantitative estimate of drug-likeness (QED) is 0.696. The van der Waals surface area contributed by atoms with Crippen molar-refractivity contribution in [3.8, 4) is 0 Å². The van der Waals surface area contributed by atoms with Crippen molar-refractivity contribution >= 4 is 15.8 Å². The molecule has 0 spiro atoms. The van der Waals surface area contributed by atoms with Gasteiger partial charge in [0.2, 0.25) is 10.0 Å². The maximum Gasteiger partial charge on any atom is 0.211 e. The summed E-state index contributed by atoms with van der Waals surface area (Å²) in [5, 5.41) is 0. The van der Waals surface area contributed by atoms with Crippen LogP contribution in [0, 0.1) is 11.8 Å². The van der Waals surface area contributed by atoms with Gasteiger partial charge < -0.3 is 4.90 Å². The molecular formula is C13H26N2O3S. The van der Waals surface area contributed by atoms with Crippen molar-refractivity contribution in [2.75, 3.05) is 40.0 Å². The van der Waals surface area contributed by atoms with E-state index < -0.39 is 10.0 Å². The van der Waals surface area contributed by atoms with Gasteiger partial charge in [-0.1, -0.05) is 13.3 Å². The van der Waals surface area contributed by atoms with Crippen LogP contribution in [0.25, 0.3) is 0 Å². The van der Waals surface area contributed by atoms with Crippen LogP contribution < -0.4 is 0 Å². The molecule has 0 saturated carbocycles. The third kappa shape index (κ3) is 4.85. The highest BCUT2D eigenvalue weighted by molar-refractivity contribution is 7.88. The second-order valence-corrected chi connectivity index (χ2v) is 7.74. The van der Waals surface area contributed by atoms with Gasteiger partial charge in [0.15, 0.2) is 0 Å². The molecule has 1 rings (SSSR count). The highest BCUT2D eigenvalue weighted by Gasteiger charge is 2.39. The van der Waals surface area contributed by atoms with E-state index in [1.807, 2.05) is 19.0 Å². The maximum atomic E-state index is 12.3. The van der Waals surface area contributed by atoms with Gasteiger partial charge >= 0.3 is 0 Å². The number of sulfonamides is 1. The second-order valence-electron chi connectivity index (χ2n) is 5.75. The number of Topliss-reactive ketones (excluding diaryl/α,β-unsaturated/α-hetero) is 1. The predicted molar refractivity (Wildman–Crippen MR) is 76.5 cm³/mol. The fourth-order valence-electron chi connectivity index (χ4n) is 2.65. The summed E-state index contributed by atoms with van der Waals surface area (Å²) in [6.45, 7) is 3.68. The zero-order chi connectivity index (χ0) is 14.6. The molecule has 6 heteroatoms. The fraction of sp³-hybridized carbons (Fsp3) is 0.923. The minimum Gasteiger partial charge on any atom is -0.309 e. The lowest BCUT2D eigenvalue weighted by Gasteiger charge is -2.17. The molecule has 1 unspecified atom stereocenters. The molecule has 0 aromatic heterocycles. The van der Waals surface area contributed by atoms with E-state index in [-0.39, 0.29) is 17.6 Å². The normalized spacial score (nSPS) is 25.1. The Kier molecular flexibility index (Phi) is 5.95. The Labute approximate surface area is 117 Å². The highest BCUT2D eigenvalue weighted by atomic mass is 32.2. The Bertz CT molecular complexity index is 406. The third-order valence-corrected chi connectivity index (χ3v) is 4.99. The van der Waals surface area contributed by atoms with E-state index >= 15 is 0 Å². The highest BCUT2D eigenvalue weighted by Crippen LogP contribution is 2.30. The van der Waals surface area contributed by atoms with Crippen LogP contribution in [0.5, 0.6) is 0 Å². The average molecular weight is 290 g/mol. The third-order valence-electron chi connectivity index (χ3n) is 3.75. The number of carbonyl (C=O) groups excluding carboxylic acids is 1. The summed E-state index contributed by atoms with van der Waals surface area (Å²) >= 11 is 0. The lowest BCUT2D eigenvalue weighted by Crippen LogP contribution is -2.29. The van der Waals surface area contributed by atoms with Crippen molar-refractivity contribution in [2.24, 2.45) is 11.8 Å². The van der Waals surface area contributed by atoms with Crippen molar-refractivity contribution in [1.29, 1.82) is 0 Å². The topological polar surface area (TPSA) is 57.7 Å². The molecule has 19 heavy (non-hydrogen) atoms. The summed E-state index contributed by atoms with van der Waals surface area (Å²) < 4.78 is 24.7. The van der Waals surface area contributed by atoms with Crippen LogP contribution >= 0.6 is 0 Å². The van der Waals surface area contributed by atoms with E-state index in [1.165, 1.54) is 10.6 Å². The first kappa shape index (κ1) is 16.6. The maximum absolute atomic E-state index is 12.3. The number of rotatable bonds is 7. The molecule has 0 radical (unpaired) electrons. The monoisotopic (exact) mass is 290 g/mol. The van der Waals surface area contributed by atoms with Gasteiger partial charge in [-0.2, -0.15) is 0 Å². The first-order valence-corrected chi connectivity index (χ1v) is 8.73. The van der Waals surface area contributed by atoms with Crippen LogP contribution in [-0.4, -0.2) is 63.4 Å². The summed E-state index contributed by atoms with van der Waals surface area (Å²) in [7, 11) is 0.697. The average Bonchev–Trinajstić information content (AvgIpc) is 2.70. The summed E-state index contributed by atoms with van der Waals surface area (Å²) in [4.78, 5) is 14.2. The first-order valence-electron chi connectivity index (χ1n) is 6.88. The van der Waals surface area contributed by atoms with Gasteiger partial charge in [-0.05, 0) is 26.4 Å². The van der Waals surface area contributed by atoms with Gasteiger partial charge in [0.05, 0.1) is 6.26 Å². The van der Waals surface area contributed by atoms with Gasteiger partial charge in [-0.3, -0.25) is 4.79 Å². The van der Waals surface area contributed by atoms with E-state index in [2.05, 4.69) is 6.92 Å². The number of carbonyl (C=O) groups is 1. The molecule has 5 nitrogen and oxygen atoms in total. The van der Waals surface area contributed by atoms with E-state index in [0.29, 0.717) is 19.5 Å². The molecule has 0 aromatic rings. The van der Waals surface area contributed by atoms with Crippen LogP contribution in [0.2, 0.25) is 0 Å². The molecule has 0 aliphatic carbocycles. The van der Waals surface area contributed by atoms with Crippen LogP contribution in [0.15, 0.2) is 0 Å². The van der Waals surface area contributed by atoms with Crippen molar-refractivity contribution in [3.63, 3.8) is 0 Å². The smallest absolute Gasteiger partial charge is 0.211 e. The van der Waals surface area contributed by atoms with Crippen molar-refractivity contribution in [2.45, 2.75) is 26.2 Å². The second kappa shape index (κ2) is 6.81. The van der Waals surface area contributed by atoms with E-state index in [9.17, 15) is 13.2 Å². The van der Waals surface area contributed by atoms with Crippen LogP contribution in [0.3, 0.4) is 0 Å². The molecule has 112 valence electrons. The molecule has 0 aromatic carbocycles. The molecule has 0 amide bonds. The summed E-state index contributed by atoms with van der Waals surface area (Å²) in [6.07, 6.45) is 3.64. The van der Waals surface area contributed by atoms with Gasteiger partial charge in [-0.25, -0.2) is 12.7 Å². The molecular weight excluding hydrogens is 264 g/mol. The zero-order valence-corrected chi connectivity index (χ0v) is 13.2. The lowest BCUT2D eigenvalue weighted by atomic mass is 9.87. The van der Waals surface area contributed by atoms with Crippen LogP contribution in [0.1, 0.15) is 26.2 Å². The van der Waals surface area contributed by atoms with Gasteiger partial charge in [0.1, 0.15) is 5.78 Å². The standard InChI is InChI=1S/C13H26N2O3S/c1-5-6-11-9-15(19(4,17)18)10-12(11)13(16)7-8-14(2)3/h11-12H,5-10H2,1-4H3/t11-,12?/m0/s1. The first-order chi connectivity index (χ1) is 8.75. The molecule has 1 aliphatic rings. The number of hydrogen-bond acceptors (Lipinski definition) is 4. The SMILES string of the molecule is CCC[C@H]1CN(S(C)(=O)=O)CC1C(=O)CCN(C)C. The molecule has 1 saturated heterocycles. The number of hydrogen-bond donors (Lipinski definition) is 0. The lowest BCUT2D eigenvalue weighted by molar-refractivity contribution is -0.123. The Hall–Kier alpha value is -0.460. The summed E-state index contributed by atoms with van der Waals surface area (Å²) in [5.41, 5.74) is 0. The van der Waals surface area contributed by atoms with Crippen molar-refractivity contribution < 1.29 is 13.2 Å². The fourth-order valence-corrected chi connectivity index (χ4v) is 3.54. The molecule has 2 atom stereocenters. The van der Waals surface area contributed by atoms with Crippen molar-refractivity contribution in [3.05, 3.63) is 0 Å². The van der Waals surface area contributed by atoms with E-state index in [1.54, 1.807) is 0 Å². The minimum absolute atomic E-state index is 0.116. The largest absolute Gasteiger partial charge is 0.309 e. The molecule has 0 bridgehead atoms. The Morgan fingerprint density at radius 2 is 1.95 bits per heavy atom. The van der Waals surface area contributed by atoms with Gasteiger partial charge in [0.25, 0.3) is 0 Å². The van der Waals surface area contributed by atoms with E-state index in [0.717, 1.165) is 19.4 Å². The molecule has 1 heterocycles. The van der Waals surface area contributed by atoms with Crippen LogP contribution in [0.4, 0.5) is 0 Å². The Balaban J connectivity index is 2.70. The Morgan fingerprint density at radius 3 is 2.42 bits per heavy atom. The number of ketones is 1. The molecule has 1 aliphatic heterocycles. The summed E-state index contributed by atoms with van der Waals surface area (Å²) in [6, 6.07) is 0. The summed E-state index contributed by atoms with van der Waals surface area (Å²) in [5.74, 6) is 0.280. The van der Waals surface area contributed by atoms with E-state index in [4.69, 9.17) is 0 Å². The minimum atomic E-state index is -3.18. The molecule has 0 N–H and O–H groups in total.